The fourth-order valence-corrected chi connectivity index (χ4v) is 3.49. The number of aliphatic carboxylic acids is 1. The molecule has 1 atom stereocenters. The highest BCUT2D eigenvalue weighted by molar-refractivity contribution is 8.26. The Balaban J connectivity index is 1.88. The minimum absolute atomic E-state index is 0.171. The van der Waals surface area contributed by atoms with Crippen molar-refractivity contribution in [1.29, 1.82) is 0 Å². The van der Waals surface area contributed by atoms with Crippen LogP contribution in [0.1, 0.15) is 12.5 Å². The Morgan fingerprint density at radius 1 is 1.45 bits per heavy atom. The molecule has 2 aliphatic rings. The maximum absolute atomic E-state index is 12.3. The van der Waals surface area contributed by atoms with Gasteiger partial charge in [0.25, 0.3) is 5.91 Å². The first kappa shape index (κ1) is 14.9. The minimum Gasteiger partial charge on any atom is -0.548 e. The number of fused-ring (bicyclic) bond motifs is 1. The second-order valence-electron chi connectivity index (χ2n) is 4.66. The lowest BCUT2D eigenvalue weighted by molar-refractivity contribution is -0.309. The molecule has 0 radical (unpaired) electrons. The minimum atomic E-state index is -1.35. The lowest BCUT2D eigenvalue weighted by atomic mass is 10.2. The fraction of sp³-hybridized carbons (Fsp3) is 0.214. The predicted molar refractivity (Wildman–Crippen MR) is 82.0 cm³/mol. The summed E-state index contributed by atoms with van der Waals surface area (Å²) in [7, 11) is 0. The molecule has 2 aliphatic heterocycles. The normalized spacial score (nSPS) is 19.9. The Morgan fingerprint density at radius 3 is 2.91 bits per heavy atom. The van der Waals surface area contributed by atoms with Crippen molar-refractivity contribution >= 4 is 46.3 Å². The molecule has 114 valence electrons. The molecule has 1 saturated heterocycles. The summed E-state index contributed by atoms with van der Waals surface area (Å²) in [5.41, 5.74) is 0.742. The molecule has 0 unspecified atom stereocenters. The third-order valence-corrected chi connectivity index (χ3v) is 4.58. The number of carboxylic acid groups (broad SMARTS) is 1. The fourth-order valence-electron chi connectivity index (χ4n) is 2.07. The van der Waals surface area contributed by atoms with Crippen molar-refractivity contribution in [3.8, 4) is 11.5 Å². The molecule has 0 bridgehead atoms. The van der Waals surface area contributed by atoms with E-state index in [1.165, 1.54) is 6.92 Å². The van der Waals surface area contributed by atoms with Gasteiger partial charge in [0.15, 0.2) is 11.5 Å². The van der Waals surface area contributed by atoms with Crippen molar-refractivity contribution in [2.75, 3.05) is 6.79 Å². The average molecular weight is 336 g/mol. The largest absolute Gasteiger partial charge is 0.548 e. The first-order valence-corrected chi connectivity index (χ1v) is 7.57. The molecule has 0 N–H and O–H groups in total. The van der Waals surface area contributed by atoms with Gasteiger partial charge in [-0.1, -0.05) is 30.0 Å². The number of thioether (sulfide) groups is 1. The third-order valence-electron chi connectivity index (χ3n) is 3.25. The molecule has 3 rings (SSSR count). The van der Waals surface area contributed by atoms with E-state index in [0.29, 0.717) is 16.4 Å². The molecule has 0 saturated carbocycles. The van der Waals surface area contributed by atoms with Crippen LogP contribution in [0.2, 0.25) is 0 Å². The van der Waals surface area contributed by atoms with E-state index in [4.69, 9.17) is 21.7 Å². The monoisotopic (exact) mass is 336 g/mol. The van der Waals surface area contributed by atoms with Crippen LogP contribution in [0.3, 0.4) is 0 Å². The van der Waals surface area contributed by atoms with Crippen LogP contribution in [0, 0.1) is 0 Å². The highest BCUT2D eigenvalue weighted by atomic mass is 32.2. The Hall–Kier alpha value is -2.06. The lowest BCUT2D eigenvalue weighted by Crippen LogP contribution is -2.48. The summed E-state index contributed by atoms with van der Waals surface area (Å²) in [5, 5.41) is 10.9. The van der Waals surface area contributed by atoms with Gasteiger partial charge in [-0.15, -0.1) is 0 Å². The molecular weight excluding hydrogens is 326 g/mol. The zero-order valence-corrected chi connectivity index (χ0v) is 13.0. The van der Waals surface area contributed by atoms with Crippen LogP contribution in [-0.4, -0.2) is 33.9 Å². The van der Waals surface area contributed by atoms with Crippen LogP contribution >= 0.6 is 24.0 Å². The van der Waals surface area contributed by atoms with E-state index in [1.54, 1.807) is 24.3 Å². The van der Waals surface area contributed by atoms with Gasteiger partial charge in [-0.25, -0.2) is 0 Å². The molecule has 0 aliphatic carbocycles. The van der Waals surface area contributed by atoms with Crippen LogP contribution in [-0.2, 0) is 9.59 Å². The van der Waals surface area contributed by atoms with Crippen molar-refractivity contribution in [2.24, 2.45) is 0 Å². The predicted octanol–water partition coefficient (Wildman–Crippen LogP) is 0.755. The molecule has 22 heavy (non-hydrogen) atoms. The summed E-state index contributed by atoms with van der Waals surface area (Å²) in [4.78, 5) is 24.7. The number of hydrogen-bond donors (Lipinski definition) is 0. The van der Waals surface area contributed by atoms with Crippen LogP contribution in [0.5, 0.6) is 11.5 Å². The van der Waals surface area contributed by atoms with Gasteiger partial charge >= 0.3 is 0 Å². The lowest BCUT2D eigenvalue weighted by Gasteiger charge is -2.23. The number of amides is 1. The van der Waals surface area contributed by atoms with Gasteiger partial charge < -0.3 is 19.4 Å². The van der Waals surface area contributed by atoms with Crippen LogP contribution in [0.15, 0.2) is 23.1 Å². The molecule has 2 heterocycles. The zero-order valence-electron chi connectivity index (χ0n) is 11.4. The third kappa shape index (κ3) is 2.55. The van der Waals surface area contributed by atoms with Crippen molar-refractivity contribution < 1.29 is 24.2 Å². The first-order valence-electron chi connectivity index (χ1n) is 6.35. The van der Waals surface area contributed by atoms with Gasteiger partial charge in [-0.3, -0.25) is 9.69 Å². The van der Waals surface area contributed by atoms with E-state index in [0.717, 1.165) is 22.2 Å². The summed E-state index contributed by atoms with van der Waals surface area (Å²) in [6, 6.07) is 4.17. The molecule has 1 amide bonds. The highest BCUT2D eigenvalue weighted by Crippen LogP contribution is 2.36. The number of benzene rings is 1. The molecule has 0 aromatic heterocycles. The van der Waals surface area contributed by atoms with E-state index in [1.807, 2.05) is 0 Å². The maximum atomic E-state index is 12.3. The number of thiocarbonyl (C=S) groups is 1. The SMILES string of the molecule is C[C@@H](C(=O)[O-])N1C(=O)/C(=C\c2ccc3c(c2)OCO3)SC1=S. The van der Waals surface area contributed by atoms with Gasteiger partial charge in [0.1, 0.15) is 4.32 Å². The second kappa shape index (κ2) is 5.62. The summed E-state index contributed by atoms with van der Waals surface area (Å²) < 4.78 is 10.7. The van der Waals surface area contributed by atoms with E-state index in [-0.39, 0.29) is 11.1 Å². The van der Waals surface area contributed by atoms with Gasteiger partial charge in [-0.2, -0.15) is 0 Å². The zero-order chi connectivity index (χ0) is 15.9. The van der Waals surface area contributed by atoms with Crippen molar-refractivity contribution in [1.82, 2.24) is 4.90 Å². The standard InChI is InChI=1S/C14H11NO5S2/c1-7(13(17)18)15-12(16)11(22-14(15)21)5-8-2-3-9-10(4-8)20-6-19-9/h2-5,7H,6H2,1H3,(H,17,18)/p-1/b11-5+/t7-/m0/s1. The molecule has 1 aromatic carbocycles. The Morgan fingerprint density at radius 2 is 2.18 bits per heavy atom. The second-order valence-corrected chi connectivity index (χ2v) is 6.34. The van der Waals surface area contributed by atoms with Gasteiger partial charge in [-0.05, 0) is 30.7 Å². The summed E-state index contributed by atoms with van der Waals surface area (Å²) >= 11 is 6.14. The Bertz CT molecular complexity index is 715. The summed E-state index contributed by atoms with van der Waals surface area (Å²) in [5.74, 6) is -0.535. The molecule has 1 fully saturated rings. The van der Waals surface area contributed by atoms with Crippen molar-refractivity contribution in [3.63, 3.8) is 0 Å². The number of hydrogen-bond acceptors (Lipinski definition) is 7. The Labute approximate surface area is 135 Å². The molecular formula is C14H10NO5S2-. The van der Waals surface area contributed by atoms with Crippen LogP contribution in [0.4, 0.5) is 0 Å². The smallest absolute Gasteiger partial charge is 0.266 e. The van der Waals surface area contributed by atoms with Gasteiger partial charge in [0, 0.05) is 0 Å². The molecule has 8 heteroatoms. The number of carbonyl (C=O) groups excluding carboxylic acids is 2. The first-order chi connectivity index (χ1) is 10.5. The van der Waals surface area contributed by atoms with E-state index in [9.17, 15) is 14.7 Å². The molecule has 6 nitrogen and oxygen atoms in total. The number of nitrogens with zero attached hydrogens (tertiary/aromatic N) is 1. The summed E-state index contributed by atoms with van der Waals surface area (Å²) in [6.45, 7) is 1.54. The number of ether oxygens (including phenoxy) is 2. The highest BCUT2D eigenvalue weighted by Gasteiger charge is 2.35. The average Bonchev–Trinajstić information content (AvgIpc) is 3.03. The topological polar surface area (TPSA) is 78.9 Å². The van der Waals surface area contributed by atoms with E-state index >= 15 is 0 Å². The Kier molecular flexibility index (Phi) is 3.79. The molecule has 0 spiro atoms. The van der Waals surface area contributed by atoms with Crippen LogP contribution < -0.4 is 14.6 Å². The van der Waals surface area contributed by atoms with E-state index < -0.39 is 17.9 Å². The van der Waals surface area contributed by atoms with E-state index in [2.05, 4.69) is 0 Å². The number of carbonyl (C=O) groups is 2. The molecule has 1 aromatic rings. The van der Waals surface area contributed by atoms with Crippen molar-refractivity contribution in [3.05, 3.63) is 28.7 Å². The van der Waals surface area contributed by atoms with Crippen molar-refractivity contribution in [2.45, 2.75) is 13.0 Å². The number of carboxylic acids is 1. The quantitative estimate of drug-likeness (QED) is 0.595. The maximum Gasteiger partial charge on any atom is 0.266 e. The van der Waals surface area contributed by atoms with Crippen LogP contribution in [0.25, 0.3) is 6.08 Å². The van der Waals surface area contributed by atoms with Gasteiger partial charge in [0.2, 0.25) is 6.79 Å². The van der Waals surface area contributed by atoms with Gasteiger partial charge in [0.05, 0.1) is 16.9 Å². The summed E-state index contributed by atoms with van der Waals surface area (Å²) in [6.07, 6.45) is 1.64. The number of rotatable bonds is 3.